The van der Waals surface area contributed by atoms with Gasteiger partial charge in [0.05, 0.1) is 23.6 Å². The van der Waals surface area contributed by atoms with Gasteiger partial charge in [-0.15, -0.1) is 0 Å². The Morgan fingerprint density at radius 2 is 1.75 bits per heavy atom. The zero-order chi connectivity index (χ0) is 20.3. The van der Waals surface area contributed by atoms with Gasteiger partial charge in [0.1, 0.15) is 5.75 Å². The maximum Gasteiger partial charge on any atom is 0.255 e. The second-order valence-corrected chi connectivity index (χ2v) is 9.02. The highest BCUT2D eigenvalue weighted by atomic mass is 32.2. The topological polar surface area (TPSA) is 75.7 Å². The summed E-state index contributed by atoms with van der Waals surface area (Å²) in [5.41, 5.74) is 2.32. The smallest absolute Gasteiger partial charge is 0.255 e. The Hall–Kier alpha value is -2.38. The Morgan fingerprint density at radius 1 is 1.11 bits per heavy atom. The molecule has 150 valence electrons. The second kappa shape index (κ2) is 8.32. The summed E-state index contributed by atoms with van der Waals surface area (Å²) in [5.74, 6) is -0.0302. The summed E-state index contributed by atoms with van der Waals surface area (Å²) in [6.45, 7) is 4.92. The van der Waals surface area contributed by atoms with Crippen LogP contribution in [0.2, 0.25) is 0 Å². The minimum atomic E-state index is -3.61. The maximum absolute atomic E-state index is 12.9. The molecule has 1 heterocycles. The van der Waals surface area contributed by atoms with Crippen LogP contribution in [0.25, 0.3) is 0 Å². The molecule has 0 radical (unpaired) electrons. The quantitative estimate of drug-likeness (QED) is 0.805. The van der Waals surface area contributed by atoms with Gasteiger partial charge in [0.15, 0.2) is 0 Å². The van der Waals surface area contributed by atoms with Gasteiger partial charge in [-0.25, -0.2) is 8.42 Å². The van der Waals surface area contributed by atoms with Crippen LogP contribution in [0.4, 0.5) is 0 Å². The highest BCUT2D eigenvalue weighted by Gasteiger charge is 2.28. The normalized spacial score (nSPS) is 16.0. The molecule has 1 fully saturated rings. The number of hydrogen-bond donors (Lipinski definition) is 1. The van der Waals surface area contributed by atoms with Gasteiger partial charge in [0.2, 0.25) is 10.0 Å². The molecular weight excluding hydrogens is 376 g/mol. The van der Waals surface area contributed by atoms with E-state index in [0.717, 1.165) is 24.0 Å². The molecule has 2 aromatic carbocycles. The third kappa shape index (κ3) is 4.20. The molecule has 1 aliphatic heterocycles. The van der Waals surface area contributed by atoms with Crippen molar-refractivity contribution in [3.8, 4) is 5.75 Å². The molecule has 0 spiro atoms. The summed E-state index contributed by atoms with van der Waals surface area (Å²) < 4.78 is 32.4. The molecule has 6 nitrogen and oxygen atoms in total. The van der Waals surface area contributed by atoms with Gasteiger partial charge in [0.25, 0.3) is 5.91 Å². The zero-order valence-corrected chi connectivity index (χ0v) is 17.3. The van der Waals surface area contributed by atoms with E-state index < -0.39 is 10.0 Å². The molecule has 0 aliphatic carbocycles. The van der Waals surface area contributed by atoms with E-state index in [1.165, 1.54) is 29.6 Å². The molecule has 1 atom stereocenters. The van der Waals surface area contributed by atoms with Crippen molar-refractivity contribution in [3.05, 3.63) is 59.2 Å². The van der Waals surface area contributed by atoms with Crippen molar-refractivity contribution in [3.63, 3.8) is 0 Å². The third-order valence-electron chi connectivity index (χ3n) is 5.04. The lowest BCUT2D eigenvalue weighted by atomic mass is 10.1. The van der Waals surface area contributed by atoms with Crippen molar-refractivity contribution in [1.82, 2.24) is 9.62 Å². The van der Waals surface area contributed by atoms with Crippen molar-refractivity contribution in [2.45, 2.75) is 37.6 Å². The molecule has 1 N–H and O–H groups in total. The van der Waals surface area contributed by atoms with E-state index in [2.05, 4.69) is 5.32 Å². The number of sulfonamides is 1. The van der Waals surface area contributed by atoms with Gasteiger partial charge in [-0.3, -0.25) is 4.79 Å². The van der Waals surface area contributed by atoms with Gasteiger partial charge in [0, 0.05) is 13.1 Å². The highest BCUT2D eigenvalue weighted by molar-refractivity contribution is 7.89. The van der Waals surface area contributed by atoms with Crippen LogP contribution < -0.4 is 10.1 Å². The van der Waals surface area contributed by atoms with Crippen LogP contribution in [0.1, 0.15) is 47.3 Å². The van der Waals surface area contributed by atoms with Gasteiger partial charge in [-0.1, -0.05) is 29.8 Å². The number of amides is 1. The van der Waals surface area contributed by atoms with E-state index in [9.17, 15) is 13.2 Å². The summed E-state index contributed by atoms with van der Waals surface area (Å²) in [5, 5.41) is 2.93. The van der Waals surface area contributed by atoms with Crippen molar-refractivity contribution in [2.75, 3.05) is 20.2 Å². The van der Waals surface area contributed by atoms with Crippen LogP contribution in [-0.2, 0) is 10.0 Å². The number of rotatable bonds is 6. The predicted molar refractivity (Wildman–Crippen MR) is 108 cm³/mol. The monoisotopic (exact) mass is 402 g/mol. The first-order valence-corrected chi connectivity index (χ1v) is 10.8. The number of carbonyl (C=O) groups is 1. The zero-order valence-electron chi connectivity index (χ0n) is 16.4. The van der Waals surface area contributed by atoms with Crippen molar-refractivity contribution >= 4 is 15.9 Å². The number of benzene rings is 2. The summed E-state index contributed by atoms with van der Waals surface area (Å²) in [6, 6.07) is 12.1. The lowest BCUT2D eigenvalue weighted by Crippen LogP contribution is -2.29. The molecular formula is C21H26N2O4S. The second-order valence-electron chi connectivity index (χ2n) is 7.08. The summed E-state index contributed by atoms with van der Waals surface area (Å²) in [4.78, 5) is 13.0. The average molecular weight is 403 g/mol. The Kier molecular flexibility index (Phi) is 6.05. The van der Waals surface area contributed by atoms with E-state index in [0.29, 0.717) is 18.8 Å². The number of nitrogens with zero attached hydrogens (tertiary/aromatic N) is 1. The van der Waals surface area contributed by atoms with Crippen molar-refractivity contribution in [1.29, 1.82) is 0 Å². The minimum absolute atomic E-state index is 0.114. The summed E-state index contributed by atoms with van der Waals surface area (Å²) in [7, 11) is -2.14. The molecule has 7 heteroatoms. The Balaban J connectivity index is 1.87. The van der Waals surface area contributed by atoms with Crippen LogP contribution in [0.3, 0.4) is 0 Å². The fourth-order valence-electron chi connectivity index (χ4n) is 3.32. The number of ether oxygens (including phenoxy) is 1. The fraction of sp³-hybridized carbons (Fsp3) is 0.381. The first-order valence-electron chi connectivity index (χ1n) is 9.38. The first-order chi connectivity index (χ1) is 13.3. The largest absolute Gasteiger partial charge is 0.496 e. The Bertz CT molecular complexity index is 949. The highest BCUT2D eigenvalue weighted by Crippen LogP contribution is 2.27. The van der Waals surface area contributed by atoms with Crippen molar-refractivity contribution < 1.29 is 17.9 Å². The molecule has 0 bridgehead atoms. The number of nitrogens with one attached hydrogen (secondary N) is 1. The van der Waals surface area contributed by atoms with Gasteiger partial charge in [-0.05, 0) is 50.5 Å². The van der Waals surface area contributed by atoms with Crippen LogP contribution in [0.15, 0.2) is 47.4 Å². The lowest BCUT2D eigenvalue weighted by molar-refractivity contribution is 0.0936. The summed E-state index contributed by atoms with van der Waals surface area (Å²) >= 11 is 0. The molecule has 1 amide bonds. The van der Waals surface area contributed by atoms with Crippen LogP contribution in [0.5, 0.6) is 5.75 Å². The van der Waals surface area contributed by atoms with E-state index in [4.69, 9.17) is 4.74 Å². The number of carbonyl (C=O) groups excluding carboxylic acids is 1. The van der Waals surface area contributed by atoms with E-state index in [1.54, 1.807) is 0 Å². The SMILES string of the molecule is COc1ccc(S(=O)(=O)N2CCCC2)cc1C(=O)N[C@H](C)c1ccc(C)cc1. The van der Waals surface area contributed by atoms with E-state index in [1.807, 2.05) is 38.1 Å². The van der Waals surface area contributed by atoms with Crippen LogP contribution in [-0.4, -0.2) is 38.8 Å². The maximum atomic E-state index is 12.9. The lowest BCUT2D eigenvalue weighted by Gasteiger charge is -2.18. The van der Waals surface area contributed by atoms with Crippen LogP contribution >= 0.6 is 0 Å². The van der Waals surface area contributed by atoms with E-state index in [-0.39, 0.29) is 22.4 Å². The number of hydrogen-bond acceptors (Lipinski definition) is 4. The third-order valence-corrected chi connectivity index (χ3v) is 6.94. The van der Waals surface area contributed by atoms with Gasteiger partial charge in [-0.2, -0.15) is 4.31 Å². The first kappa shape index (κ1) is 20.4. The van der Waals surface area contributed by atoms with Crippen LogP contribution in [0, 0.1) is 6.92 Å². The fourth-order valence-corrected chi connectivity index (χ4v) is 4.86. The Labute approximate surface area is 166 Å². The average Bonchev–Trinajstić information content (AvgIpc) is 3.23. The standard InChI is InChI=1S/C21H26N2O4S/c1-15-6-8-17(9-7-15)16(2)22-21(24)19-14-18(10-11-20(19)27-3)28(25,26)23-12-4-5-13-23/h6-11,14,16H,4-5,12-13H2,1-3H3,(H,22,24)/t16-/m1/s1. The molecule has 2 aromatic rings. The predicted octanol–water partition coefficient (Wildman–Crippen LogP) is 3.28. The van der Waals surface area contributed by atoms with Gasteiger partial charge >= 0.3 is 0 Å². The molecule has 1 saturated heterocycles. The van der Waals surface area contributed by atoms with Crippen molar-refractivity contribution in [2.24, 2.45) is 0 Å². The molecule has 1 aliphatic rings. The minimum Gasteiger partial charge on any atom is -0.496 e. The molecule has 0 aromatic heterocycles. The van der Waals surface area contributed by atoms with Gasteiger partial charge < -0.3 is 10.1 Å². The Morgan fingerprint density at radius 3 is 2.36 bits per heavy atom. The number of aryl methyl sites for hydroxylation is 1. The molecule has 0 saturated carbocycles. The molecule has 3 rings (SSSR count). The molecule has 28 heavy (non-hydrogen) atoms. The molecule has 0 unspecified atom stereocenters. The number of methoxy groups -OCH3 is 1. The summed E-state index contributed by atoms with van der Waals surface area (Å²) in [6.07, 6.45) is 1.72. The van der Waals surface area contributed by atoms with E-state index >= 15 is 0 Å².